The third-order valence-electron chi connectivity index (χ3n) is 17.9. The normalized spacial score (nSPS) is 11.6. The molecular formula is C92H126N6O11S2. The molecule has 0 aliphatic carbocycles. The fourth-order valence-corrected chi connectivity index (χ4v) is 11.7. The fraction of sp³-hybridized carbons (Fsp3) is 0.370. The Kier molecular flexibility index (Phi) is 42.5. The van der Waals surface area contributed by atoms with Gasteiger partial charge in [-0.05, 0) is 194 Å². The summed E-state index contributed by atoms with van der Waals surface area (Å²) in [7, 11) is -2.14. The molecule has 11 N–H and O–H groups in total. The van der Waals surface area contributed by atoms with Crippen LogP contribution < -0.4 is 27.2 Å². The minimum absolute atomic E-state index is 0.0321. The van der Waals surface area contributed by atoms with Gasteiger partial charge in [0, 0.05) is 44.4 Å². The van der Waals surface area contributed by atoms with E-state index in [0.717, 1.165) is 33.4 Å². The van der Waals surface area contributed by atoms with Gasteiger partial charge in [-0.1, -0.05) is 276 Å². The molecule has 0 fully saturated rings. The van der Waals surface area contributed by atoms with Crippen LogP contribution in [0.4, 0.5) is 0 Å². The molecule has 602 valence electrons. The van der Waals surface area contributed by atoms with E-state index in [2.05, 4.69) is 171 Å². The number of primary sulfonamides is 1. The third kappa shape index (κ3) is 35.2. The van der Waals surface area contributed by atoms with Gasteiger partial charge < -0.3 is 37.4 Å². The number of sulfonamides is 2. The van der Waals surface area contributed by atoms with Crippen LogP contribution in [0.1, 0.15) is 298 Å². The number of benzene rings is 9. The number of rotatable bonds is 17. The Bertz CT molecular complexity index is 4430. The number of carbonyl (C=O) groups excluding carboxylic acids is 3. The quantitative estimate of drug-likeness (QED) is 0.0395. The molecule has 0 radical (unpaired) electrons. The zero-order valence-electron chi connectivity index (χ0n) is 69.5. The molecule has 1 heterocycles. The van der Waals surface area contributed by atoms with E-state index in [0.29, 0.717) is 81.4 Å². The van der Waals surface area contributed by atoms with Crippen molar-refractivity contribution in [2.45, 2.75) is 214 Å². The molecule has 0 saturated heterocycles. The highest BCUT2D eigenvalue weighted by Gasteiger charge is 2.20. The number of nitrogens with one attached hydrogen (secondary N) is 2. The molecule has 0 saturated carbocycles. The van der Waals surface area contributed by atoms with Gasteiger partial charge >= 0.3 is 5.97 Å². The van der Waals surface area contributed by atoms with Crippen LogP contribution in [0.25, 0.3) is 0 Å². The van der Waals surface area contributed by atoms with E-state index in [-0.39, 0.29) is 29.2 Å². The summed E-state index contributed by atoms with van der Waals surface area (Å²) in [5.41, 5.74) is 28.1. The molecule has 3 amide bonds. The standard InChI is InChI=1S/C11H17NO2S.C11H13NO.C11H15NO.C10H13NO.C10H15NO.C10H12O2.C10H14O.C10H14.C9H13NO2S/c1-9(2)10-5-7-11(8-6-10)15(13,14)12(3)4;1-7(2)8-3-4-9-6-12-11(13)10(9)5-8;1-8(2)9-4-6-10(7-5-9)11(13)12-3;1-7(2)8-3-5-9(6-4-8)10(11)12;1-7(2)8-4-3-5-9(6-8)10(11)12;1-7(2)8-3-5-9(6-4-8)10(11)12;1-8(2)10-5-3-9(7-11)4-6-10;1-8(2)10-6-4-5-9(3)7-10;1-7(2)8-4-3-5-9(6-8)13(10,11)12/h5-9H,1-4H3;3-5,7H,6H2,1-2H3,(H,12,13);4-8H,1-3H3,(H,12,13);3-7H,1-2H3,(H2,11,12);3-7,10,12H,11H2,1-2H3;3-7H,1-2H3,(H,11,12);3-6,8,11H,7H2,1-2H3;4-8H,1-3H3;3-7H,1-2H3,(H2,10,11,12). The van der Waals surface area contributed by atoms with Crippen molar-refractivity contribution < 1.29 is 51.3 Å². The Morgan fingerprint density at radius 3 is 1.14 bits per heavy atom. The number of carboxylic acid groups (broad SMARTS) is 1. The lowest BCUT2D eigenvalue weighted by atomic mass is 9.98. The van der Waals surface area contributed by atoms with Gasteiger partial charge in [0.15, 0.2) is 0 Å². The number of nitrogens with zero attached hydrogens (tertiary/aromatic N) is 1. The van der Waals surface area contributed by atoms with Crippen LogP contribution in [-0.2, 0) is 33.2 Å². The van der Waals surface area contributed by atoms with Crippen LogP contribution in [0.15, 0.2) is 222 Å². The first-order chi connectivity index (χ1) is 51.9. The lowest BCUT2D eigenvalue weighted by molar-refractivity contribution is 0.0695. The van der Waals surface area contributed by atoms with Gasteiger partial charge in [-0.15, -0.1) is 0 Å². The fourth-order valence-electron chi connectivity index (χ4n) is 10.2. The molecule has 10 rings (SSSR count). The number of nitrogens with two attached hydrogens (primary N) is 3. The molecule has 1 aliphatic rings. The summed E-state index contributed by atoms with van der Waals surface area (Å²) in [5.74, 6) is 3.16. The van der Waals surface area contributed by atoms with E-state index in [1.165, 1.54) is 69.0 Å². The van der Waals surface area contributed by atoms with Crippen molar-refractivity contribution >= 4 is 43.7 Å². The highest BCUT2D eigenvalue weighted by molar-refractivity contribution is 7.89. The maximum Gasteiger partial charge on any atom is 0.335 e. The van der Waals surface area contributed by atoms with Crippen molar-refractivity contribution in [3.63, 3.8) is 0 Å². The molecule has 9 aromatic rings. The number of carboxylic acids is 1. The summed E-state index contributed by atoms with van der Waals surface area (Å²) in [6, 6.07) is 66.4. The van der Waals surface area contributed by atoms with Gasteiger partial charge in [0.05, 0.1) is 22.0 Å². The number of aryl methyl sites for hydroxylation is 1. The van der Waals surface area contributed by atoms with E-state index < -0.39 is 32.2 Å². The van der Waals surface area contributed by atoms with Gasteiger partial charge in [0.1, 0.15) is 6.23 Å². The Morgan fingerprint density at radius 2 is 0.793 bits per heavy atom. The molecule has 0 bridgehead atoms. The predicted octanol–water partition coefficient (Wildman–Crippen LogP) is 19.3. The van der Waals surface area contributed by atoms with Crippen LogP contribution in [-0.4, -0.2) is 81.3 Å². The van der Waals surface area contributed by atoms with Gasteiger partial charge in [-0.25, -0.2) is 31.1 Å². The minimum Gasteiger partial charge on any atom is -0.478 e. The zero-order valence-corrected chi connectivity index (χ0v) is 71.1. The molecule has 1 unspecified atom stereocenters. The summed E-state index contributed by atoms with van der Waals surface area (Å²) in [4.78, 5) is 44.2. The molecule has 9 aromatic carbocycles. The van der Waals surface area contributed by atoms with Crippen LogP contribution in [0.3, 0.4) is 0 Å². The van der Waals surface area contributed by atoms with Crippen molar-refractivity contribution in [3.05, 3.63) is 307 Å². The molecule has 19 heteroatoms. The van der Waals surface area contributed by atoms with Crippen molar-refractivity contribution in [2.24, 2.45) is 16.6 Å². The largest absolute Gasteiger partial charge is 0.478 e. The molecule has 1 atom stereocenters. The number of aromatic carboxylic acids is 1. The third-order valence-corrected chi connectivity index (χ3v) is 20.6. The first-order valence-corrected chi connectivity index (χ1v) is 40.8. The number of amides is 3. The maximum atomic E-state index is 11.7. The van der Waals surface area contributed by atoms with Crippen LogP contribution in [0.5, 0.6) is 0 Å². The molecule has 0 spiro atoms. The van der Waals surface area contributed by atoms with Gasteiger partial charge in [-0.2, -0.15) is 0 Å². The molecule has 0 aromatic heterocycles. The summed E-state index contributed by atoms with van der Waals surface area (Å²) < 4.78 is 46.7. The van der Waals surface area contributed by atoms with Gasteiger partial charge in [-0.3, -0.25) is 14.4 Å². The van der Waals surface area contributed by atoms with Crippen LogP contribution in [0.2, 0.25) is 0 Å². The lowest BCUT2D eigenvalue weighted by Crippen LogP contribution is -2.22. The Hall–Kier alpha value is -9.44. The summed E-state index contributed by atoms with van der Waals surface area (Å²) >= 11 is 0. The van der Waals surface area contributed by atoms with Crippen LogP contribution in [0, 0.1) is 6.92 Å². The second-order valence-electron chi connectivity index (χ2n) is 30.0. The predicted molar refractivity (Wildman–Crippen MR) is 457 cm³/mol. The van der Waals surface area contributed by atoms with Crippen molar-refractivity contribution in [3.8, 4) is 0 Å². The van der Waals surface area contributed by atoms with Crippen molar-refractivity contribution in [1.29, 1.82) is 0 Å². The van der Waals surface area contributed by atoms with Crippen molar-refractivity contribution in [2.75, 3.05) is 21.1 Å². The second kappa shape index (κ2) is 48.4. The number of carbonyl (C=O) groups is 4. The molecular weight excluding hydrogens is 1430 g/mol. The second-order valence-corrected chi connectivity index (χ2v) is 33.7. The van der Waals surface area contributed by atoms with E-state index in [9.17, 15) is 36.0 Å². The molecule has 1 aliphatic heterocycles. The first kappa shape index (κ1) is 97.6. The smallest absolute Gasteiger partial charge is 0.335 e. The zero-order chi connectivity index (χ0) is 84.2. The Morgan fingerprint density at radius 1 is 0.450 bits per heavy atom. The highest BCUT2D eigenvalue weighted by atomic mass is 32.2. The van der Waals surface area contributed by atoms with E-state index in [4.69, 9.17) is 31.9 Å². The average Bonchev–Trinajstić information content (AvgIpc) is 1.41. The topological polar surface area (TPSA) is 303 Å². The number of hydrogen-bond acceptors (Lipinski definition) is 11. The minimum atomic E-state index is -3.56. The number of fused-ring (bicyclic) bond motifs is 1. The lowest BCUT2D eigenvalue weighted by Gasteiger charge is -2.12. The van der Waals surface area contributed by atoms with Gasteiger partial charge in [0.2, 0.25) is 26.0 Å². The van der Waals surface area contributed by atoms with E-state index >= 15 is 0 Å². The monoisotopic (exact) mass is 1550 g/mol. The molecule has 111 heavy (non-hydrogen) atoms. The highest BCUT2D eigenvalue weighted by Crippen LogP contribution is 2.25. The SMILES string of the molecule is CC(C)c1ccc(C(=O)O)cc1.CC(C)c1ccc(C(N)=O)cc1.CC(C)c1ccc(CO)cc1.CC(C)c1ccc(S(=O)(=O)N(C)C)cc1.CC(C)c1ccc2c(c1)C(=O)NC2.CC(C)c1cccc(C(N)O)c1.CC(C)c1cccc(S(N)(=O)=O)c1.CNC(=O)c1ccc(C(C)C)cc1.Cc1cccc(C(C)C)c1. The first-order valence-electron chi connectivity index (χ1n) is 37.8. The van der Waals surface area contributed by atoms with Gasteiger partial charge in [0.25, 0.3) is 11.8 Å². The Balaban J connectivity index is 0.000000425. The Labute approximate surface area is 664 Å². The van der Waals surface area contributed by atoms with E-state index in [1.54, 1.807) is 55.6 Å². The number of hydrogen-bond donors (Lipinski definition) is 8. The summed E-state index contributed by atoms with van der Waals surface area (Å²) in [6.07, 6.45) is -0.858. The number of aliphatic hydroxyl groups excluding tert-OH is 2. The average molecular weight is 1560 g/mol. The molecule has 17 nitrogen and oxygen atoms in total. The van der Waals surface area contributed by atoms with E-state index in [1.807, 2.05) is 129 Å². The summed E-state index contributed by atoms with van der Waals surface area (Å²) in [5, 5.41) is 36.9. The number of primary amides is 1. The number of aliphatic hydroxyl groups is 2. The van der Waals surface area contributed by atoms with Crippen LogP contribution >= 0.6 is 0 Å². The maximum absolute atomic E-state index is 11.7. The summed E-state index contributed by atoms with van der Waals surface area (Å²) in [6.45, 7) is 41.0. The van der Waals surface area contributed by atoms with Crippen molar-refractivity contribution in [1.82, 2.24) is 14.9 Å².